The van der Waals surface area contributed by atoms with Crippen molar-refractivity contribution in [2.24, 2.45) is 5.73 Å². The van der Waals surface area contributed by atoms with E-state index in [9.17, 15) is 15.2 Å². The average Bonchev–Trinajstić information content (AvgIpc) is 3.28. The fourth-order valence-electron chi connectivity index (χ4n) is 4.60. The molecule has 3 aromatic carbocycles. The van der Waals surface area contributed by atoms with E-state index in [1.165, 1.54) is 16.8 Å². The predicted molar refractivity (Wildman–Crippen MR) is 142 cm³/mol. The lowest BCUT2D eigenvalue weighted by molar-refractivity contribution is 0.367. The molecule has 3 heterocycles. The van der Waals surface area contributed by atoms with Crippen LogP contribution in [0.4, 0.5) is 0 Å². The molecule has 0 spiro atoms. The number of nitrogens with zero attached hydrogens (tertiary/aromatic N) is 3. The first kappa shape index (κ1) is 23.7. The maximum atomic E-state index is 13.3. The summed E-state index contributed by atoms with van der Waals surface area (Å²) in [5.74, 6) is -0.792. The number of halogens is 2. The molecule has 0 aliphatic carbocycles. The summed E-state index contributed by atoms with van der Waals surface area (Å²) in [6.07, 6.45) is 0. The average molecular weight is 543 g/mol. The first-order valence-corrected chi connectivity index (χ1v) is 12.1. The summed E-state index contributed by atoms with van der Waals surface area (Å²) in [6.45, 7) is 0. The van der Waals surface area contributed by atoms with Crippen LogP contribution >= 0.6 is 23.2 Å². The highest BCUT2D eigenvalue weighted by Crippen LogP contribution is 2.49. The van der Waals surface area contributed by atoms with Gasteiger partial charge in [-0.1, -0.05) is 53.5 Å². The van der Waals surface area contributed by atoms with Crippen molar-refractivity contribution in [3.05, 3.63) is 116 Å². The molecule has 1 aliphatic rings. The Kier molecular flexibility index (Phi) is 5.60. The Morgan fingerprint density at radius 2 is 1.84 bits per heavy atom. The van der Waals surface area contributed by atoms with Gasteiger partial charge < -0.3 is 20.0 Å². The highest BCUT2D eigenvalue weighted by atomic mass is 35.5. The molecule has 6 rings (SSSR count). The summed E-state index contributed by atoms with van der Waals surface area (Å²) in [5, 5.41) is 25.8. The maximum absolute atomic E-state index is 13.3. The third-order valence-electron chi connectivity index (χ3n) is 6.32. The van der Waals surface area contributed by atoms with E-state index in [0.29, 0.717) is 22.2 Å². The maximum Gasteiger partial charge on any atom is 0.345 e. The third kappa shape index (κ3) is 3.68. The molecule has 5 aromatic rings. The molecule has 0 saturated carbocycles. The number of benzene rings is 3. The van der Waals surface area contributed by atoms with Crippen molar-refractivity contribution < 1.29 is 14.3 Å². The minimum atomic E-state index is -0.850. The highest BCUT2D eigenvalue weighted by molar-refractivity contribution is 6.42. The largest absolute Gasteiger partial charge is 0.508 e. The molecule has 1 atom stereocenters. The number of aromatic nitrogens is 2. The fraction of sp³-hybridized carbons (Fsp3) is 0.0357. The summed E-state index contributed by atoms with van der Waals surface area (Å²) in [6, 6.07) is 22.4. The van der Waals surface area contributed by atoms with Gasteiger partial charge in [0.15, 0.2) is 0 Å². The van der Waals surface area contributed by atoms with Gasteiger partial charge in [-0.25, -0.2) is 4.79 Å². The van der Waals surface area contributed by atoms with Crippen LogP contribution in [0, 0.1) is 11.3 Å². The van der Waals surface area contributed by atoms with Gasteiger partial charge in [-0.05, 0) is 42.0 Å². The van der Waals surface area contributed by atoms with E-state index in [-0.39, 0.29) is 50.0 Å². The monoisotopic (exact) mass is 542 g/mol. The van der Waals surface area contributed by atoms with Gasteiger partial charge >= 0.3 is 5.63 Å². The zero-order valence-electron chi connectivity index (χ0n) is 19.4. The van der Waals surface area contributed by atoms with E-state index in [2.05, 4.69) is 6.07 Å². The topological polar surface area (TPSA) is 127 Å². The third-order valence-corrected chi connectivity index (χ3v) is 7.15. The quantitative estimate of drug-likeness (QED) is 0.272. The molecule has 0 amide bonds. The second kappa shape index (κ2) is 8.99. The molecule has 2 aromatic heterocycles. The van der Waals surface area contributed by atoms with Crippen LogP contribution < -0.4 is 16.1 Å². The van der Waals surface area contributed by atoms with Crippen LogP contribution in [-0.2, 0) is 0 Å². The molecule has 3 N–H and O–H groups in total. The number of phenols is 1. The van der Waals surface area contributed by atoms with Gasteiger partial charge in [0.2, 0.25) is 11.8 Å². The fourth-order valence-corrected chi connectivity index (χ4v) is 5.02. The van der Waals surface area contributed by atoms with Gasteiger partial charge in [0, 0.05) is 11.5 Å². The van der Waals surface area contributed by atoms with Crippen LogP contribution in [0.5, 0.6) is 11.6 Å². The Morgan fingerprint density at radius 3 is 2.61 bits per heavy atom. The molecule has 0 radical (unpaired) electrons. The van der Waals surface area contributed by atoms with Crippen molar-refractivity contribution in [1.29, 1.82) is 5.26 Å². The number of para-hydroxylation sites is 1. The lowest BCUT2D eigenvalue weighted by Gasteiger charge is -2.26. The predicted octanol–water partition coefficient (Wildman–Crippen LogP) is 5.88. The summed E-state index contributed by atoms with van der Waals surface area (Å²) >= 11 is 13.0. The van der Waals surface area contributed by atoms with Gasteiger partial charge in [0.05, 0.1) is 32.8 Å². The van der Waals surface area contributed by atoms with E-state index in [4.69, 9.17) is 43.2 Å². The number of aromatic hydroxyl groups is 1. The number of fused-ring (bicyclic) bond motifs is 2. The Hall–Kier alpha value is -4.71. The van der Waals surface area contributed by atoms with E-state index < -0.39 is 11.5 Å². The van der Waals surface area contributed by atoms with Gasteiger partial charge in [-0.3, -0.25) is 0 Å². The first-order valence-electron chi connectivity index (χ1n) is 11.3. The Balaban J connectivity index is 1.72. The number of hydrogen-bond donors (Lipinski definition) is 2. The van der Waals surface area contributed by atoms with Crippen molar-refractivity contribution in [1.82, 2.24) is 9.78 Å². The van der Waals surface area contributed by atoms with Crippen molar-refractivity contribution in [3.63, 3.8) is 0 Å². The number of allylic oxidation sites excluding steroid dienone is 1. The van der Waals surface area contributed by atoms with Crippen LogP contribution in [0.15, 0.2) is 93.5 Å². The summed E-state index contributed by atoms with van der Waals surface area (Å²) in [7, 11) is 0. The highest BCUT2D eigenvalue weighted by Gasteiger charge is 2.39. The second-order valence-corrected chi connectivity index (χ2v) is 9.34. The summed E-state index contributed by atoms with van der Waals surface area (Å²) in [4.78, 5) is 13.3. The standard InChI is InChI=1S/C28H16Cl2N4O4/c29-20-8-4-7-17(24(20)30)22-19(13-31)26(32)38-27-23(22)25(33-34(27)15-5-2-1-3-6-15)18-11-14-9-10-16(35)12-21(14)37-28(18)36/h1-12,22,35H,32H2. The Labute approximate surface area is 225 Å². The SMILES string of the molecule is N#CC1=C(N)Oc2c(c(-c3cc4ccc(O)cc4oc3=O)nn2-c2ccccc2)C1c1cccc(Cl)c1Cl. The molecule has 0 bridgehead atoms. The second-order valence-electron chi connectivity index (χ2n) is 8.55. The normalized spacial score (nSPS) is 14.7. The van der Waals surface area contributed by atoms with Crippen LogP contribution in [-0.4, -0.2) is 14.9 Å². The number of ether oxygens (including phenoxy) is 1. The van der Waals surface area contributed by atoms with E-state index >= 15 is 0 Å². The van der Waals surface area contributed by atoms with Crippen LogP contribution in [0.2, 0.25) is 10.0 Å². The van der Waals surface area contributed by atoms with E-state index in [1.54, 1.807) is 30.3 Å². The molecule has 0 fully saturated rings. The lowest BCUT2D eigenvalue weighted by atomic mass is 9.83. The smallest absolute Gasteiger partial charge is 0.345 e. The Morgan fingerprint density at radius 1 is 1.05 bits per heavy atom. The lowest BCUT2D eigenvalue weighted by Crippen LogP contribution is -2.22. The molecule has 38 heavy (non-hydrogen) atoms. The van der Waals surface area contributed by atoms with Gasteiger partial charge in [0.25, 0.3) is 0 Å². The minimum Gasteiger partial charge on any atom is -0.508 e. The molecule has 8 nitrogen and oxygen atoms in total. The van der Waals surface area contributed by atoms with Crippen molar-refractivity contribution in [3.8, 4) is 34.6 Å². The number of nitriles is 1. The summed E-state index contributed by atoms with van der Waals surface area (Å²) in [5.41, 5.74) is 7.72. The number of hydrogen-bond acceptors (Lipinski definition) is 7. The van der Waals surface area contributed by atoms with Gasteiger partial charge in [0.1, 0.15) is 28.7 Å². The summed E-state index contributed by atoms with van der Waals surface area (Å²) < 4.78 is 13.0. The van der Waals surface area contributed by atoms with E-state index in [0.717, 1.165) is 0 Å². The van der Waals surface area contributed by atoms with Gasteiger partial charge in [-0.2, -0.15) is 15.0 Å². The number of nitrogens with two attached hydrogens (primary N) is 1. The van der Waals surface area contributed by atoms with Crippen molar-refractivity contribution >= 4 is 34.2 Å². The first-order chi connectivity index (χ1) is 18.4. The van der Waals surface area contributed by atoms with Crippen LogP contribution in [0.1, 0.15) is 17.0 Å². The van der Waals surface area contributed by atoms with E-state index in [1.807, 2.05) is 30.3 Å². The van der Waals surface area contributed by atoms with Gasteiger partial charge in [-0.15, -0.1) is 0 Å². The van der Waals surface area contributed by atoms with Crippen molar-refractivity contribution in [2.75, 3.05) is 0 Å². The molecule has 0 saturated heterocycles. The zero-order valence-corrected chi connectivity index (χ0v) is 20.9. The minimum absolute atomic E-state index is 0.0394. The molecular formula is C28H16Cl2N4O4. The number of phenolic OH excluding ortho intramolecular Hbond substituents is 1. The van der Waals surface area contributed by atoms with Crippen LogP contribution in [0.25, 0.3) is 27.9 Å². The molecular weight excluding hydrogens is 527 g/mol. The van der Waals surface area contributed by atoms with Crippen molar-refractivity contribution in [2.45, 2.75) is 5.92 Å². The molecule has 10 heteroatoms. The molecule has 1 aliphatic heterocycles. The molecule has 1 unspecified atom stereocenters. The van der Waals surface area contributed by atoms with Crippen LogP contribution in [0.3, 0.4) is 0 Å². The Bertz CT molecular complexity index is 1890. The zero-order chi connectivity index (χ0) is 26.6. The molecule has 186 valence electrons. The number of rotatable bonds is 3.